The molecule has 0 bridgehead atoms. The molecule has 3 heteroatoms. The van der Waals surface area contributed by atoms with Crippen LogP contribution in [0, 0.1) is 18.3 Å². The van der Waals surface area contributed by atoms with Gasteiger partial charge in [-0.25, -0.2) is 0 Å². The van der Waals surface area contributed by atoms with Crippen LogP contribution in [0.25, 0.3) is 0 Å². The Bertz CT molecular complexity index is 432. The van der Waals surface area contributed by atoms with E-state index in [9.17, 15) is 5.26 Å². The zero-order chi connectivity index (χ0) is 13.0. The Kier molecular flexibility index (Phi) is 3.88. The molecule has 0 radical (unpaired) electrons. The van der Waals surface area contributed by atoms with E-state index >= 15 is 0 Å². The molecule has 1 aliphatic heterocycles. The summed E-state index contributed by atoms with van der Waals surface area (Å²) in [4.78, 5) is 2.30. The van der Waals surface area contributed by atoms with Gasteiger partial charge in [-0.2, -0.15) is 5.26 Å². The van der Waals surface area contributed by atoms with Crippen LogP contribution in [0.1, 0.15) is 24.8 Å². The van der Waals surface area contributed by atoms with Gasteiger partial charge in [0.05, 0.1) is 6.07 Å². The Labute approximate surface area is 109 Å². The number of anilines is 1. The third-order valence-electron chi connectivity index (χ3n) is 3.71. The number of hydrogen-bond acceptors (Lipinski definition) is 3. The highest BCUT2D eigenvalue weighted by atomic mass is 15.1. The molecular formula is C15H21N3. The standard InChI is InChI=1S/C15H21N3/c1-13-4-6-14(7-5-13)17-15(12-16)8-3-10-18(2)11-9-15/h4-7,17H,3,8-11H2,1-2H3. The van der Waals surface area contributed by atoms with Crippen molar-refractivity contribution < 1.29 is 0 Å². The first-order valence-corrected chi connectivity index (χ1v) is 6.58. The van der Waals surface area contributed by atoms with Gasteiger partial charge in [0.25, 0.3) is 0 Å². The van der Waals surface area contributed by atoms with Crippen molar-refractivity contribution in [3.63, 3.8) is 0 Å². The molecule has 1 aromatic carbocycles. The Hall–Kier alpha value is -1.53. The molecule has 0 amide bonds. The average Bonchev–Trinajstić information content (AvgIpc) is 2.56. The second-order valence-corrected chi connectivity index (χ2v) is 5.34. The maximum absolute atomic E-state index is 9.54. The van der Waals surface area contributed by atoms with Crippen LogP contribution in [0.5, 0.6) is 0 Å². The lowest BCUT2D eigenvalue weighted by Crippen LogP contribution is -2.37. The number of nitriles is 1. The SMILES string of the molecule is Cc1ccc(NC2(C#N)CCCN(C)CC2)cc1. The summed E-state index contributed by atoms with van der Waals surface area (Å²) in [6.07, 6.45) is 2.87. The molecule has 1 heterocycles. The number of hydrogen-bond donors (Lipinski definition) is 1. The first-order valence-electron chi connectivity index (χ1n) is 6.58. The van der Waals surface area contributed by atoms with Gasteiger partial charge in [-0.3, -0.25) is 0 Å². The Morgan fingerprint density at radius 2 is 1.94 bits per heavy atom. The van der Waals surface area contributed by atoms with E-state index in [1.165, 1.54) is 5.56 Å². The summed E-state index contributed by atoms with van der Waals surface area (Å²) in [5.74, 6) is 0. The van der Waals surface area contributed by atoms with Gasteiger partial charge in [-0.05, 0) is 51.9 Å². The van der Waals surface area contributed by atoms with Gasteiger partial charge >= 0.3 is 0 Å². The molecule has 1 aliphatic rings. The fourth-order valence-corrected chi connectivity index (χ4v) is 2.45. The van der Waals surface area contributed by atoms with Crippen LogP contribution < -0.4 is 5.32 Å². The molecule has 1 saturated heterocycles. The maximum atomic E-state index is 9.54. The monoisotopic (exact) mass is 243 g/mol. The second kappa shape index (κ2) is 5.41. The molecule has 0 saturated carbocycles. The fraction of sp³-hybridized carbons (Fsp3) is 0.533. The maximum Gasteiger partial charge on any atom is 0.126 e. The number of rotatable bonds is 2. The number of aryl methyl sites for hydroxylation is 1. The van der Waals surface area contributed by atoms with E-state index in [1.807, 2.05) is 0 Å². The van der Waals surface area contributed by atoms with E-state index in [-0.39, 0.29) is 0 Å². The first-order chi connectivity index (χ1) is 8.63. The van der Waals surface area contributed by atoms with Crippen LogP contribution in [-0.4, -0.2) is 30.6 Å². The van der Waals surface area contributed by atoms with Crippen LogP contribution in [0.3, 0.4) is 0 Å². The Balaban J connectivity index is 2.13. The predicted molar refractivity (Wildman–Crippen MR) is 74.5 cm³/mol. The van der Waals surface area contributed by atoms with E-state index in [2.05, 4.69) is 54.5 Å². The summed E-state index contributed by atoms with van der Waals surface area (Å²) < 4.78 is 0. The lowest BCUT2D eigenvalue weighted by Gasteiger charge is -2.27. The van der Waals surface area contributed by atoms with Gasteiger partial charge in [-0.15, -0.1) is 0 Å². The van der Waals surface area contributed by atoms with Crippen molar-refractivity contribution in [3.8, 4) is 6.07 Å². The van der Waals surface area contributed by atoms with Crippen molar-refractivity contribution in [2.75, 3.05) is 25.5 Å². The summed E-state index contributed by atoms with van der Waals surface area (Å²) in [5, 5.41) is 13.0. The van der Waals surface area contributed by atoms with Crippen molar-refractivity contribution in [1.29, 1.82) is 5.26 Å². The summed E-state index contributed by atoms with van der Waals surface area (Å²) in [7, 11) is 2.12. The first kappa shape index (κ1) is 12.9. The van der Waals surface area contributed by atoms with Crippen molar-refractivity contribution in [1.82, 2.24) is 4.90 Å². The molecule has 1 unspecified atom stereocenters. The Morgan fingerprint density at radius 1 is 1.22 bits per heavy atom. The number of nitrogens with zero attached hydrogens (tertiary/aromatic N) is 2. The van der Waals surface area contributed by atoms with E-state index in [0.717, 1.165) is 38.0 Å². The third kappa shape index (κ3) is 3.02. The van der Waals surface area contributed by atoms with Crippen LogP contribution in [-0.2, 0) is 0 Å². The molecule has 1 atom stereocenters. The van der Waals surface area contributed by atoms with Gasteiger partial charge in [-0.1, -0.05) is 17.7 Å². The van der Waals surface area contributed by atoms with E-state index in [1.54, 1.807) is 0 Å². The second-order valence-electron chi connectivity index (χ2n) is 5.34. The van der Waals surface area contributed by atoms with Crippen LogP contribution in [0.15, 0.2) is 24.3 Å². The number of benzene rings is 1. The van der Waals surface area contributed by atoms with E-state index < -0.39 is 5.54 Å². The normalized spacial score (nSPS) is 25.2. The van der Waals surface area contributed by atoms with Gasteiger partial charge in [0.1, 0.15) is 5.54 Å². The van der Waals surface area contributed by atoms with Crippen LogP contribution in [0.2, 0.25) is 0 Å². The van der Waals surface area contributed by atoms with Gasteiger partial charge in [0.15, 0.2) is 0 Å². The zero-order valence-corrected chi connectivity index (χ0v) is 11.2. The lowest BCUT2D eigenvalue weighted by atomic mass is 9.92. The van der Waals surface area contributed by atoms with Crippen molar-refractivity contribution in [2.24, 2.45) is 0 Å². The summed E-state index contributed by atoms with van der Waals surface area (Å²) in [5.41, 5.74) is 1.89. The highest BCUT2D eigenvalue weighted by Crippen LogP contribution is 2.26. The molecule has 3 nitrogen and oxygen atoms in total. The molecule has 1 fully saturated rings. The Morgan fingerprint density at radius 3 is 2.61 bits per heavy atom. The zero-order valence-electron chi connectivity index (χ0n) is 11.2. The molecular weight excluding hydrogens is 222 g/mol. The molecule has 0 spiro atoms. The highest BCUT2D eigenvalue weighted by Gasteiger charge is 2.31. The molecule has 1 aromatic rings. The molecule has 2 rings (SSSR count). The van der Waals surface area contributed by atoms with Crippen LogP contribution in [0.4, 0.5) is 5.69 Å². The smallest absolute Gasteiger partial charge is 0.126 e. The largest absolute Gasteiger partial charge is 0.367 e. The minimum atomic E-state index is -0.403. The van der Waals surface area contributed by atoms with Crippen molar-refractivity contribution in [2.45, 2.75) is 31.7 Å². The van der Waals surface area contributed by atoms with Crippen LogP contribution >= 0.6 is 0 Å². The third-order valence-corrected chi connectivity index (χ3v) is 3.71. The summed E-state index contributed by atoms with van der Waals surface area (Å²) in [6.45, 7) is 4.13. The topological polar surface area (TPSA) is 39.1 Å². The van der Waals surface area contributed by atoms with Crippen molar-refractivity contribution in [3.05, 3.63) is 29.8 Å². The number of likely N-dealkylation sites (tertiary alicyclic amines) is 1. The molecule has 96 valence electrons. The van der Waals surface area contributed by atoms with E-state index in [0.29, 0.717) is 0 Å². The number of nitrogens with one attached hydrogen (secondary N) is 1. The minimum absolute atomic E-state index is 0.403. The molecule has 18 heavy (non-hydrogen) atoms. The van der Waals surface area contributed by atoms with E-state index in [4.69, 9.17) is 0 Å². The van der Waals surface area contributed by atoms with Crippen molar-refractivity contribution >= 4 is 5.69 Å². The van der Waals surface area contributed by atoms with Gasteiger partial charge in [0, 0.05) is 12.2 Å². The molecule has 0 aromatic heterocycles. The van der Waals surface area contributed by atoms with Gasteiger partial charge < -0.3 is 10.2 Å². The average molecular weight is 243 g/mol. The minimum Gasteiger partial charge on any atom is -0.367 e. The lowest BCUT2D eigenvalue weighted by molar-refractivity contribution is 0.345. The molecule has 0 aliphatic carbocycles. The highest BCUT2D eigenvalue weighted by molar-refractivity contribution is 5.48. The van der Waals surface area contributed by atoms with Gasteiger partial charge in [0.2, 0.25) is 0 Å². The summed E-state index contributed by atoms with van der Waals surface area (Å²) in [6, 6.07) is 10.8. The predicted octanol–water partition coefficient (Wildman–Crippen LogP) is 2.79. The fourth-order valence-electron chi connectivity index (χ4n) is 2.45. The quantitative estimate of drug-likeness (QED) is 0.868. The molecule has 1 N–H and O–H groups in total. The summed E-state index contributed by atoms with van der Waals surface area (Å²) >= 11 is 0.